The van der Waals surface area contributed by atoms with Crippen molar-refractivity contribution in [3.05, 3.63) is 257 Å². The first kappa shape index (κ1) is 45.5. The van der Waals surface area contributed by atoms with Gasteiger partial charge >= 0.3 is 0 Å². The summed E-state index contributed by atoms with van der Waals surface area (Å²) < 4.78 is 8.94. The summed E-state index contributed by atoms with van der Waals surface area (Å²) in [5, 5.41) is 11.6. The molecule has 0 N–H and O–H groups in total. The average Bonchev–Trinajstić information content (AvgIpc) is 3.96. The van der Waals surface area contributed by atoms with Gasteiger partial charge in [0.15, 0.2) is 0 Å². The van der Waals surface area contributed by atoms with Crippen molar-refractivity contribution in [2.24, 2.45) is 0 Å². The van der Waals surface area contributed by atoms with Gasteiger partial charge in [0.05, 0.1) is 39.5 Å². The number of imidazole rings is 1. The van der Waals surface area contributed by atoms with Gasteiger partial charge in [0.1, 0.15) is 5.58 Å². The van der Waals surface area contributed by atoms with Crippen LogP contribution < -0.4 is 0 Å². The minimum absolute atomic E-state index is 0. The van der Waals surface area contributed by atoms with Crippen LogP contribution in [0.15, 0.2) is 211 Å². The topological polar surface area (TPSA) is 67.6 Å². The third-order valence-electron chi connectivity index (χ3n) is 12.7. The number of aromatic nitrogens is 3. The Kier molecular flexibility index (Phi) is 13.1. The molecule has 0 atom stereocenters. The van der Waals surface area contributed by atoms with Gasteiger partial charge in [0.25, 0.3) is 0 Å². The van der Waals surface area contributed by atoms with Crippen LogP contribution in [0.4, 0.5) is 0 Å². The third kappa shape index (κ3) is 8.26. The van der Waals surface area contributed by atoms with Gasteiger partial charge in [0, 0.05) is 37.4 Å². The molecule has 0 aliphatic rings. The fourth-order valence-corrected chi connectivity index (χ4v) is 9.57. The van der Waals surface area contributed by atoms with E-state index in [0.717, 1.165) is 50.1 Å². The molecule has 0 spiro atoms. The molecule has 0 saturated carbocycles. The first-order valence-electron chi connectivity index (χ1n) is 22.8. The second-order valence-corrected chi connectivity index (χ2v) is 17.4. The fourth-order valence-electron chi connectivity index (χ4n) is 9.57. The minimum Gasteiger partial charge on any atom is -0.500 e. The molecule has 5 nitrogen and oxygen atoms in total. The Morgan fingerprint density at radius 3 is 1.76 bits per heavy atom. The number of benzene rings is 8. The summed E-state index contributed by atoms with van der Waals surface area (Å²) in [6, 6.07) is 78.3. The summed E-state index contributed by atoms with van der Waals surface area (Å²) in [7, 11) is 0. The Labute approximate surface area is 411 Å². The monoisotopic (exact) mass is 1060 g/mol. The number of hydrogen-bond acceptors (Lipinski definition) is 4. The first-order valence-corrected chi connectivity index (χ1v) is 22.8. The van der Waals surface area contributed by atoms with E-state index in [-0.39, 0.29) is 31.9 Å². The second-order valence-electron chi connectivity index (χ2n) is 17.4. The molecule has 3 aromatic heterocycles. The van der Waals surface area contributed by atoms with Gasteiger partial charge in [-0.05, 0) is 81.2 Å². The van der Waals surface area contributed by atoms with Crippen molar-refractivity contribution in [1.29, 1.82) is 5.26 Å². The number of nitrogens with zero attached hydrogens (tertiary/aromatic N) is 4. The molecular weight excluding hydrogens is 1010 g/mol. The Balaban J connectivity index is 0.000000386. The zero-order chi connectivity index (χ0) is 45.9. The van der Waals surface area contributed by atoms with Crippen molar-refractivity contribution in [3.8, 4) is 34.4 Å². The minimum atomic E-state index is -0.592. The molecule has 68 heavy (non-hydrogen) atoms. The van der Waals surface area contributed by atoms with E-state index >= 15 is 0 Å². The Bertz CT molecular complexity index is 3360. The Morgan fingerprint density at radius 1 is 0.588 bits per heavy atom. The zero-order valence-corrected chi connectivity index (χ0v) is 40.7. The fraction of sp³-hybridized carbons (Fsp3) is 0.113. The molecule has 0 unspecified atom stereocenters. The summed E-state index contributed by atoms with van der Waals surface area (Å²) in [6.07, 6.45) is 1.79. The maximum atomic E-state index is 9.64. The van der Waals surface area contributed by atoms with Crippen LogP contribution in [0.25, 0.3) is 61.3 Å². The van der Waals surface area contributed by atoms with Crippen molar-refractivity contribution in [3.63, 3.8) is 0 Å². The molecule has 3 heterocycles. The normalized spacial score (nSPS) is 11.4. The summed E-state index contributed by atoms with van der Waals surface area (Å²) in [5.74, 6) is 1.09. The van der Waals surface area contributed by atoms with E-state index < -0.39 is 5.41 Å². The van der Waals surface area contributed by atoms with E-state index in [1.165, 1.54) is 33.4 Å². The van der Waals surface area contributed by atoms with Gasteiger partial charge in [0.2, 0.25) is 0 Å². The molecular formula is C62H48IrN4O-2. The van der Waals surface area contributed by atoms with Gasteiger partial charge < -0.3 is 14.0 Å². The van der Waals surface area contributed by atoms with E-state index in [2.05, 4.69) is 177 Å². The van der Waals surface area contributed by atoms with Gasteiger partial charge in [-0.2, -0.15) is 5.26 Å². The Morgan fingerprint density at radius 2 is 1.19 bits per heavy atom. The predicted octanol–water partition coefficient (Wildman–Crippen LogP) is 15.4. The second kappa shape index (κ2) is 19.7. The molecule has 333 valence electrons. The van der Waals surface area contributed by atoms with Crippen LogP contribution in [-0.2, 0) is 25.5 Å². The molecule has 0 fully saturated rings. The zero-order valence-electron chi connectivity index (χ0n) is 38.3. The standard InChI is InChI=1S/C51H40N3O.C11H8N.Ir/c1-33(2)43-30-39(51(36-17-8-5-9-18-36,37-19-10-6-11-20-37)38-21-12-7-13-22-38)31-44(34(3)4)48(43)54-46-26-15-14-25-45(46)53-50(54)42-24-16-23-41-40-28-27-35(32-52)29-47(40)55-49(41)42;1-2-6-10(7-3-1)11-8-4-5-9-12-11;/h5-23,25-31,33-34H,1-4H3;1-6,8-9H;/q2*-1;. The maximum Gasteiger partial charge on any atom is 0.122 e. The van der Waals surface area contributed by atoms with Crippen molar-refractivity contribution >= 4 is 33.0 Å². The van der Waals surface area contributed by atoms with Crippen LogP contribution in [0.5, 0.6) is 0 Å². The molecule has 0 amide bonds. The summed E-state index contributed by atoms with van der Waals surface area (Å²) >= 11 is 0. The number of pyridine rings is 1. The molecule has 11 rings (SSSR count). The maximum absolute atomic E-state index is 9.64. The van der Waals surface area contributed by atoms with Crippen molar-refractivity contribution in [1.82, 2.24) is 14.5 Å². The molecule has 1 radical (unpaired) electrons. The molecule has 0 saturated heterocycles. The quantitative estimate of drug-likeness (QED) is 0.107. The molecule has 8 aromatic carbocycles. The smallest absolute Gasteiger partial charge is 0.122 e. The summed E-state index contributed by atoms with van der Waals surface area (Å²) in [6.45, 7) is 9.17. The average molecular weight is 1060 g/mol. The van der Waals surface area contributed by atoms with Crippen LogP contribution in [0, 0.1) is 23.5 Å². The van der Waals surface area contributed by atoms with E-state index in [1.54, 1.807) is 6.20 Å². The molecule has 0 bridgehead atoms. The van der Waals surface area contributed by atoms with Crippen LogP contribution in [-0.4, -0.2) is 14.5 Å². The number of nitriles is 1. The van der Waals surface area contributed by atoms with Crippen molar-refractivity contribution in [2.45, 2.75) is 44.9 Å². The number of furan rings is 1. The van der Waals surface area contributed by atoms with Crippen LogP contribution in [0.3, 0.4) is 0 Å². The molecule has 0 aliphatic carbocycles. The summed E-state index contributed by atoms with van der Waals surface area (Å²) in [5.41, 5.74) is 14.5. The molecule has 11 aromatic rings. The van der Waals surface area contributed by atoms with Gasteiger partial charge in [-0.1, -0.05) is 172 Å². The number of para-hydroxylation sites is 2. The van der Waals surface area contributed by atoms with E-state index in [1.807, 2.05) is 78.9 Å². The number of hydrogen-bond donors (Lipinski definition) is 0. The largest absolute Gasteiger partial charge is 0.500 e. The van der Waals surface area contributed by atoms with E-state index in [0.29, 0.717) is 16.7 Å². The van der Waals surface area contributed by atoms with Crippen molar-refractivity contribution in [2.75, 3.05) is 0 Å². The first-order chi connectivity index (χ1) is 32.9. The van der Waals surface area contributed by atoms with Gasteiger partial charge in [-0.15, -0.1) is 54.1 Å². The van der Waals surface area contributed by atoms with E-state index in [9.17, 15) is 5.26 Å². The summed E-state index contributed by atoms with van der Waals surface area (Å²) in [4.78, 5) is 9.57. The Hall–Kier alpha value is -7.68. The van der Waals surface area contributed by atoms with Gasteiger partial charge in [-0.3, -0.25) is 4.98 Å². The SMILES string of the molecule is CC(C)c1cc(C(c2ccccc2)(c2ccccc2)c2ccccc2)cc(C(C)C)c1-n1c(-c2[c-]ccc3c2oc2cc(C#N)ccc23)nc2ccccc21.[Ir].[c-]1ccccc1-c1ccccn1. The van der Waals surface area contributed by atoms with E-state index in [4.69, 9.17) is 9.40 Å². The van der Waals surface area contributed by atoms with Crippen LogP contribution in [0.2, 0.25) is 0 Å². The predicted molar refractivity (Wildman–Crippen MR) is 272 cm³/mol. The van der Waals surface area contributed by atoms with Gasteiger partial charge in [-0.25, -0.2) is 0 Å². The number of rotatable bonds is 9. The third-order valence-corrected chi connectivity index (χ3v) is 12.7. The van der Waals surface area contributed by atoms with Crippen LogP contribution in [0.1, 0.15) is 78.5 Å². The molecule has 0 aliphatic heterocycles. The molecule has 6 heteroatoms. The number of fused-ring (bicyclic) bond motifs is 4. The van der Waals surface area contributed by atoms with Crippen LogP contribution >= 0.6 is 0 Å². The van der Waals surface area contributed by atoms with Crippen molar-refractivity contribution < 1.29 is 24.5 Å².